The zero-order valence-electron chi connectivity index (χ0n) is 10.3. The summed E-state index contributed by atoms with van der Waals surface area (Å²) in [5.74, 6) is 1.61. The summed E-state index contributed by atoms with van der Waals surface area (Å²) in [6.45, 7) is 7.51. The summed E-state index contributed by atoms with van der Waals surface area (Å²) in [6.07, 6.45) is 4.78. The topological polar surface area (TPSA) is 47.3 Å². The average molecular weight is 226 g/mol. The first kappa shape index (κ1) is 13.2. The van der Waals surface area contributed by atoms with Gasteiger partial charge in [-0.2, -0.15) is 0 Å². The minimum Gasteiger partial charge on any atom is -0.443 e. The van der Waals surface area contributed by atoms with Crippen LogP contribution in [0.3, 0.4) is 0 Å². The highest BCUT2D eigenvalue weighted by Crippen LogP contribution is 2.05. The molecule has 1 aromatic rings. The second kappa shape index (κ2) is 8.30. The maximum absolute atomic E-state index is 5.53. The van der Waals surface area contributed by atoms with E-state index in [9.17, 15) is 0 Å². The molecule has 1 heterocycles. The summed E-state index contributed by atoms with van der Waals surface area (Å²) in [5.41, 5.74) is 0. The Hall–Kier alpha value is -0.870. The van der Waals surface area contributed by atoms with Crippen molar-refractivity contribution in [3.8, 4) is 0 Å². The number of hydrogen-bond acceptors (Lipinski definition) is 4. The second-order valence-corrected chi connectivity index (χ2v) is 3.77. The van der Waals surface area contributed by atoms with E-state index in [1.54, 1.807) is 6.20 Å². The van der Waals surface area contributed by atoms with Crippen molar-refractivity contribution >= 4 is 0 Å². The van der Waals surface area contributed by atoms with Crippen LogP contribution < -0.4 is 5.32 Å². The van der Waals surface area contributed by atoms with Gasteiger partial charge in [0.25, 0.3) is 0 Å². The van der Waals surface area contributed by atoms with Crippen LogP contribution in [0.1, 0.15) is 38.3 Å². The highest BCUT2D eigenvalue weighted by atomic mass is 16.5. The third-order valence-electron chi connectivity index (χ3n) is 2.14. The Kier molecular flexibility index (Phi) is 6.85. The van der Waals surface area contributed by atoms with Gasteiger partial charge in [-0.15, -0.1) is 0 Å². The Morgan fingerprint density at radius 1 is 1.31 bits per heavy atom. The summed E-state index contributed by atoms with van der Waals surface area (Å²) < 4.78 is 10.9. The lowest BCUT2D eigenvalue weighted by atomic mass is 10.4. The fraction of sp³-hybridized carbons (Fsp3) is 0.750. The van der Waals surface area contributed by atoms with E-state index >= 15 is 0 Å². The smallest absolute Gasteiger partial charge is 0.195 e. The van der Waals surface area contributed by atoms with Crippen LogP contribution >= 0.6 is 0 Å². The maximum Gasteiger partial charge on any atom is 0.195 e. The predicted molar refractivity (Wildman–Crippen MR) is 63.3 cm³/mol. The van der Waals surface area contributed by atoms with Crippen molar-refractivity contribution in [1.82, 2.24) is 10.3 Å². The first-order valence-electron chi connectivity index (χ1n) is 6.08. The number of oxazole rings is 1. The molecule has 1 N–H and O–H groups in total. The monoisotopic (exact) mass is 226 g/mol. The molecule has 92 valence electrons. The fourth-order valence-electron chi connectivity index (χ4n) is 1.34. The quantitative estimate of drug-likeness (QED) is 0.655. The van der Waals surface area contributed by atoms with E-state index in [4.69, 9.17) is 9.15 Å². The van der Waals surface area contributed by atoms with Crippen LogP contribution in [-0.2, 0) is 17.8 Å². The lowest BCUT2D eigenvalue weighted by Crippen LogP contribution is -2.17. The molecule has 0 fully saturated rings. The third-order valence-corrected chi connectivity index (χ3v) is 2.14. The van der Waals surface area contributed by atoms with Crippen molar-refractivity contribution in [3.05, 3.63) is 17.8 Å². The molecule has 0 aliphatic heterocycles. The first-order chi connectivity index (χ1) is 7.86. The SMILES string of the molecule is CCCNCCc1ncc(COCCC)o1. The molecule has 16 heavy (non-hydrogen) atoms. The van der Waals surface area contributed by atoms with Crippen molar-refractivity contribution in [1.29, 1.82) is 0 Å². The minimum absolute atomic E-state index is 0.531. The van der Waals surface area contributed by atoms with Gasteiger partial charge >= 0.3 is 0 Å². The lowest BCUT2D eigenvalue weighted by molar-refractivity contribution is 0.106. The molecule has 0 amide bonds. The fourth-order valence-corrected chi connectivity index (χ4v) is 1.34. The molecular weight excluding hydrogens is 204 g/mol. The standard InChI is InChI=1S/C12H22N2O2/c1-3-6-13-7-5-12-14-9-11(16-12)10-15-8-4-2/h9,13H,3-8,10H2,1-2H3. The van der Waals surface area contributed by atoms with E-state index in [2.05, 4.69) is 24.1 Å². The van der Waals surface area contributed by atoms with Gasteiger partial charge in [0.15, 0.2) is 5.89 Å². The van der Waals surface area contributed by atoms with Crippen molar-refractivity contribution < 1.29 is 9.15 Å². The molecule has 0 saturated heterocycles. The molecule has 0 aromatic carbocycles. The van der Waals surface area contributed by atoms with Crippen LogP contribution in [0.4, 0.5) is 0 Å². The number of nitrogens with one attached hydrogen (secondary N) is 1. The predicted octanol–water partition coefficient (Wildman–Crippen LogP) is 2.14. The van der Waals surface area contributed by atoms with E-state index in [0.717, 1.165) is 50.6 Å². The lowest BCUT2D eigenvalue weighted by Gasteiger charge is -1.99. The molecule has 0 unspecified atom stereocenters. The summed E-state index contributed by atoms with van der Waals surface area (Å²) in [5, 5.41) is 3.31. The summed E-state index contributed by atoms with van der Waals surface area (Å²) in [4.78, 5) is 4.21. The molecule has 4 nitrogen and oxygen atoms in total. The van der Waals surface area contributed by atoms with Gasteiger partial charge in [0.05, 0.1) is 6.20 Å². The molecule has 0 saturated carbocycles. The molecule has 0 bridgehead atoms. The molecule has 0 spiro atoms. The van der Waals surface area contributed by atoms with Gasteiger partial charge in [-0.05, 0) is 19.4 Å². The van der Waals surface area contributed by atoms with Crippen LogP contribution in [0.2, 0.25) is 0 Å². The van der Waals surface area contributed by atoms with Crippen LogP contribution in [0.25, 0.3) is 0 Å². The third kappa shape index (κ3) is 5.28. The summed E-state index contributed by atoms with van der Waals surface area (Å²) in [7, 11) is 0. The first-order valence-corrected chi connectivity index (χ1v) is 6.08. The normalized spacial score (nSPS) is 10.9. The number of aromatic nitrogens is 1. The zero-order valence-corrected chi connectivity index (χ0v) is 10.3. The highest BCUT2D eigenvalue weighted by molar-refractivity contribution is 4.92. The van der Waals surface area contributed by atoms with Crippen LogP contribution in [-0.4, -0.2) is 24.7 Å². The van der Waals surface area contributed by atoms with Crippen molar-refractivity contribution in [2.45, 2.75) is 39.7 Å². The number of nitrogens with zero attached hydrogens (tertiary/aromatic N) is 1. The zero-order chi connectivity index (χ0) is 11.6. The average Bonchev–Trinajstić information content (AvgIpc) is 2.73. The van der Waals surface area contributed by atoms with Crippen molar-refractivity contribution in [2.75, 3.05) is 19.7 Å². The van der Waals surface area contributed by atoms with Gasteiger partial charge < -0.3 is 14.5 Å². The van der Waals surface area contributed by atoms with E-state index < -0.39 is 0 Å². The van der Waals surface area contributed by atoms with Gasteiger partial charge in [-0.3, -0.25) is 0 Å². The number of hydrogen-bond donors (Lipinski definition) is 1. The molecule has 4 heteroatoms. The van der Waals surface area contributed by atoms with Crippen LogP contribution in [0.15, 0.2) is 10.6 Å². The Morgan fingerprint density at radius 2 is 2.19 bits per heavy atom. The largest absolute Gasteiger partial charge is 0.443 e. The summed E-state index contributed by atoms with van der Waals surface area (Å²) >= 11 is 0. The summed E-state index contributed by atoms with van der Waals surface area (Å²) in [6, 6.07) is 0. The number of rotatable bonds is 9. The Labute approximate surface area is 97.4 Å². The van der Waals surface area contributed by atoms with Gasteiger partial charge in [0.2, 0.25) is 0 Å². The second-order valence-electron chi connectivity index (χ2n) is 3.77. The highest BCUT2D eigenvalue weighted by Gasteiger charge is 2.03. The number of ether oxygens (including phenoxy) is 1. The van der Waals surface area contributed by atoms with E-state index in [1.165, 1.54) is 0 Å². The van der Waals surface area contributed by atoms with Crippen LogP contribution in [0, 0.1) is 0 Å². The van der Waals surface area contributed by atoms with Crippen molar-refractivity contribution in [2.24, 2.45) is 0 Å². The van der Waals surface area contributed by atoms with Gasteiger partial charge in [0.1, 0.15) is 12.4 Å². The molecule has 0 radical (unpaired) electrons. The van der Waals surface area contributed by atoms with Gasteiger partial charge in [-0.1, -0.05) is 13.8 Å². The Balaban J connectivity index is 2.17. The van der Waals surface area contributed by atoms with Crippen LogP contribution in [0.5, 0.6) is 0 Å². The van der Waals surface area contributed by atoms with E-state index in [0.29, 0.717) is 6.61 Å². The van der Waals surface area contributed by atoms with Gasteiger partial charge in [0, 0.05) is 19.6 Å². The molecular formula is C12H22N2O2. The Bertz CT molecular complexity index is 274. The Morgan fingerprint density at radius 3 is 2.94 bits per heavy atom. The minimum atomic E-state index is 0.531. The molecule has 1 rings (SSSR count). The molecule has 0 aliphatic carbocycles. The molecule has 0 aliphatic rings. The van der Waals surface area contributed by atoms with E-state index in [-0.39, 0.29) is 0 Å². The van der Waals surface area contributed by atoms with Gasteiger partial charge in [-0.25, -0.2) is 4.98 Å². The molecule has 1 aromatic heterocycles. The maximum atomic E-state index is 5.53. The molecule has 0 atom stereocenters. The van der Waals surface area contributed by atoms with E-state index in [1.807, 2.05) is 0 Å². The van der Waals surface area contributed by atoms with Crippen molar-refractivity contribution in [3.63, 3.8) is 0 Å².